The van der Waals surface area contributed by atoms with Gasteiger partial charge in [-0.3, -0.25) is 19.7 Å². The van der Waals surface area contributed by atoms with Gasteiger partial charge in [0.15, 0.2) is 11.5 Å². The summed E-state index contributed by atoms with van der Waals surface area (Å²) in [7, 11) is 3.02. The Bertz CT molecular complexity index is 866. The second kappa shape index (κ2) is 8.70. The predicted molar refractivity (Wildman–Crippen MR) is 99.4 cm³/mol. The van der Waals surface area contributed by atoms with Crippen LogP contribution in [0, 0.1) is 0 Å². The summed E-state index contributed by atoms with van der Waals surface area (Å²) in [5, 5.41) is 4.55. The lowest BCUT2D eigenvalue weighted by atomic mass is 10.1. The number of benzene rings is 2. The quantitative estimate of drug-likeness (QED) is 0.540. The van der Waals surface area contributed by atoms with E-state index in [1.807, 2.05) is 5.32 Å². The number of para-hydroxylation sites is 1. The number of carbonyl (C=O) groups is 3. The van der Waals surface area contributed by atoms with E-state index in [-0.39, 0.29) is 11.3 Å². The van der Waals surface area contributed by atoms with Crippen molar-refractivity contribution < 1.29 is 23.9 Å². The number of ether oxygens (including phenoxy) is 2. The number of nitrogens with one attached hydrogen (secondary N) is 2. The maximum Gasteiger partial charge on any atom is 0.316 e. The normalized spacial score (nSPS) is 11.2. The highest BCUT2D eigenvalue weighted by molar-refractivity contribution is 6.38. The first-order valence-electron chi connectivity index (χ1n) is 8.10. The van der Waals surface area contributed by atoms with Gasteiger partial charge in [0, 0.05) is 5.69 Å². The van der Waals surface area contributed by atoms with E-state index in [2.05, 4.69) is 5.32 Å². The molecule has 0 aliphatic heterocycles. The smallest absolute Gasteiger partial charge is 0.316 e. The highest BCUT2D eigenvalue weighted by atomic mass is 16.5. The molecule has 3 amide bonds. The van der Waals surface area contributed by atoms with Gasteiger partial charge in [0.2, 0.25) is 0 Å². The van der Waals surface area contributed by atoms with Crippen molar-refractivity contribution in [2.75, 3.05) is 20.0 Å². The van der Waals surface area contributed by atoms with Crippen LogP contribution in [0.25, 0.3) is 0 Å². The van der Waals surface area contributed by atoms with Crippen molar-refractivity contribution in [3.05, 3.63) is 53.6 Å². The van der Waals surface area contributed by atoms with Crippen LogP contribution >= 0.6 is 0 Å². The number of anilines is 1. The van der Waals surface area contributed by atoms with E-state index in [1.165, 1.54) is 26.4 Å². The number of rotatable bonds is 5. The summed E-state index contributed by atoms with van der Waals surface area (Å²) in [4.78, 5) is 36.2. The second-order valence-corrected chi connectivity index (χ2v) is 5.68. The Morgan fingerprint density at radius 3 is 2.26 bits per heavy atom. The molecule has 1 unspecified atom stereocenters. The van der Waals surface area contributed by atoms with Crippen molar-refractivity contribution in [2.45, 2.75) is 13.0 Å². The van der Waals surface area contributed by atoms with Gasteiger partial charge in [0.25, 0.3) is 5.91 Å². The molecular formula is C19H21N3O5. The van der Waals surface area contributed by atoms with Gasteiger partial charge >= 0.3 is 11.8 Å². The predicted octanol–water partition coefficient (Wildman–Crippen LogP) is 1.42. The molecule has 2 aromatic rings. The molecule has 0 bridgehead atoms. The number of nitrogen functional groups attached to an aromatic ring is 1. The van der Waals surface area contributed by atoms with Gasteiger partial charge in [0.1, 0.15) is 0 Å². The standard InChI is InChI=1S/C19H21N3O5/c1-11(12-8-9-15(26-2)16(10-12)27-3)21-18(24)19(25)22-17(23)13-6-4-5-7-14(13)20/h4-11H,20H2,1-3H3,(H,21,24)(H,22,23,25). The van der Waals surface area contributed by atoms with E-state index in [4.69, 9.17) is 15.2 Å². The molecule has 0 aliphatic rings. The monoisotopic (exact) mass is 371 g/mol. The van der Waals surface area contributed by atoms with Gasteiger partial charge in [-0.2, -0.15) is 0 Å². The van der Waals surface area contributed by atoms with Gasteiger partial charge in [-0.1, -0.05) is 18.2 Å². The summed E-state index contributed by atoms with van der Waals surface area (Å²) >= 11 is 0. The minimum Gasteiger partial charge on any atom is -0.493 e. The maximum atomic E-state index is 12.1. The average Bonchev–Trinajstić information content (AvgIpc) is 2.67. The molecule has 0 spiro atoms. The van der Waals surface area contributed by atoms with Crippen LogP contribution in [-0.4, -0.2) is 31.9 Å². The fourth-order valence-electron chi connectivity index (χ4n) is 2.40. The molecule has 0 heterocycles. The summed E-state index contributed by atoms with van der Waals surface area (Å²) < 4.78 is 10.4. The first kappa shape index (κ1) is 19.8. The molecule has 4 N–H and O–H groups in total. The van der Waals surface area contributed by atoms with Gasteiger partial charge in [-0.15, -0.1) is 0 Å². The van der Waals surface area contributed by atoms with Gasteiger partial charge in [0.05, 0.1) is 25.8 Å². The summed E-state index contributed by atoms with van der Waals surface area (Å²) in [5.74, 6) is -1.72. The van der Waals surface area contributed by atoms with Gasteiger partial charge in [-0.25, -0.2) is 0 Å². The molecule has 142 valence electrons. The number of imide groups is 1. The summed E-state index contributed by atoms with van der Waals surface area (Å²) in [5.41, 5.74) is 6.71. The third-order valence-corrected chi connectivity index (χ3v) is 3.89. The zero-order valence-corrected chi connectivity index (χ0v) is 15.2. The summed E-state index contributed by atoms with van der Waals surface area (Å²) in [6.07, 6.45) is 0. The fraction of sp³-hybridized carbons (Fsp3) is 0.211. The average molecular weight is 371 g/mol. The first-order chi connectivity index (χ1) is 12.9. The minimum absolute atomic E-state index is 0.117. The van der Waals surface area contributed by atoms with Crippen molar-refractivity contribution in [1.82, 2.24) is 10.6 Å². The molecule has 0 aromatic heterocycles. The Labute approximate surface area is 156 Å². The van der Waals surface area contributed by atoms with Crippen molar-refractivity contribution in [2.24, 2.45) is 0 Å². The molecule has 2 rings (SSSR count). The second-order valence-electron chi connectivity index (χ2n) is 5.68. The highest BCUT2D eigenvalue weighted by Crippen LogP contribution is 2.29. The molecule has 0 fully saturated rings. The minimum atomic E-state index is -1.07. The molecule has 8 heteroatoms. The number of hydrogen-bond acceptors (Lipinski definition) is 6. The van der Waals surface area contributed by atoms with Crippen LogP contribution in [0.2, 0.25) is 0 Å². The van der Waals surface area contributed by atoms with Crippen LogP contribution in [0.1, 0.15) is 28.9 Å². The number of hydrogen-bond donors (Lipinski definition) is 3. The molecule has 0 saturated heterocycles. The van der Waals surface area contributed by atoms with E-state index in [0.29, 0.717) is 17.1 Å². The van der Waals surface area contributed by atoms with E-state index >= 15 is 0 Å². The van der Waals surface area contributed by atoms with E-state index in [0.717, 1.165) is 0 Å². The molecule has 0 radical (unpaired) electrons. The van der Waals surface area contributed by atoms with Crippen LogP contribution in [-0.2, 0) is 9.59 Å². The SMILES string of the molecule is COc1ccc(C(C)NC(=O)C(=O)NC(=O)c2ccccc2N)cc1OC. The lowest BCUT2D eigenvalue weighted by molar-refractivity contribution is -0.139. The van der Waals surface area contributed by atoms with Crippen molar-refractivity contribution in [3.8, 4) is 11.5 Å². The molecule has 27 heavy (non-hydrogen) atoms. The molecule has 1 atom stereocenters. The van der Waals surface area contributed by atoms with E-state index in [1.54, 1.807) is 37.3 Å². The van der Waals surface area contributed by atoms with Crippen molar-refractivity contribution in [3.63, 3.8) is 0 Å². The van der Waals surface area contributed by atoms with Gasteiger partial charge in [-0.05, 0) is 36.8 Å². The number of nitrogens with two attached hydrogens (primary N) is 1. The Morgan fingerprint density at radius 1 is 0.963 bits per heavy atom. The molecule has 2 aromatic carbocycles. The van der Waals surface area contributed by atoms with Gasteiger partial charge < -0.3 is 20.5 Å². The van der Waals surface area contributed by atoms with Crippen molar-refractivity contribution >= 4 is 23.4 Å². The Morgan fingerprint density at radius 2 is 1.63 bits per heavy atom. The topological polar surface area (TPSA) is 120 Å². The lowest BCUT2D eigenvalue weighted by Crippen LogP contribution is -2.43. The maximum absolute atomic E-state index is 12.1. The Balaban J connectivity index is 2.02. The zero-order valence-electron chi connectivity index (χ0n) is 15.2. The highest BCUT2D eigenvalue weighted by Gasteiger charge is 2.21. The van der Waals surface area contributed by atoms with E-state index in [9.17, 15) is 14.4 Å². The zero-order chi connectivity index (χ0) is 20.0. The number of carbonyl (C=O) groups excluding carboxylic acids is 3. The third kappa shape index (κ3) is 4.75. The lowest BCUT2D eigenvalue weighted by Gasteiger charge is -2.16. The van der Waals surface area contributed by atoms with Crippen molar-refractivity contribution in [1.29, 1.82) is 0 Å². The van der Waals surface area contributed by atoms with Crippen LogP contribution in [0.3, 0.4) is 0 Å². The Hall–Kier alpha value is -3.55. The van der Waals surface area contributed by atoms with Crippen LogP contribution in [0.4, 0.5) is 5.69 Å². The fourth-order valence-corrected chi connectivity index (χ4v) is 2.40. The van der Waals surface area contributed by atoms with E-state index < -0.39 is 23.8 Å². The van der Waals surface area contributed by atoms with Crippen LogP contribution in [0.5, 0.6) is 11.5 Å². The Kier molecular flexibility index (Phi) is 6.37. The number of amides is 3. The molecule has 8 nitrogen and oxygen atoms in total. The summed E-state index contributed by atoms with van der Waals surface area (Å²) in [6, 6.07) is 10.9. The molecular weight excluding hydrogens is 350 g/mol. The number of methoxy groups -OCH3 is 2. The molecule has 0 aliphatic carbocycles. The first-order valence-corrected chi connectivity index (χ1v) is 8.10. The summed E-state index contributed by atoms with van der Waals surface area (Å²) in [6.45, 7) is 1.70. The van der Waals surface area contributed by atoms with Crippen LogP contribution in [0.15, 0.2) is 42.5 Å². The molecule has 0 saturated carbocycles. The third-order valence-electron chi connectivity index (χ3n) is 3.89. The largest absolute Gasteiger partial charge is 0.493 e. The van der Waals surface area contributed by atoms with Crippen LogP contribution < -0.4 is 25.8 Å².